The van der Waals surface area contributed by atoms with Gasteiger partial charge in [-0.1, -0.05) is 55.8 Å². The van der Waals surface area contributed by atoms with Crippen molar-refractivity contribution in [2.24, 2.45) is 35.5 Å². The van der Waals surface area contributed by atoms with Crippen LogP contribution in [0.4, 0.5) is 0 Å². The molecule has 3 fully saturated rings. The molecule has 36 heavy (non-hydrogen) atoms. The number of hydrogen-bond donors (Lipinski definition) is 0. The van der Waals surface area contributed by atoms with E-state index in [-0.39, 0.29) is 41.9 Å². The zero-order valence-electron chi connectivity index (χ0n) is 20.4. The van der Waals surface area contributed by atoms with Crippen LogP contribution in [0.15, 0.2) is 66.7 Å². The van der Waals surface area contributed by atoms with E-state index in [1.165, 1.54) is 4.90 Å². The van der Waals surface area contributed by atoms with E-state index >= 15 is 0 Å². The van der Waals surface area contributed by atoms with E-state index in [1.54, 1.807) is 24.3 Å². The number of rotatable bonds is 9. The van der Waals surface area contributed by atoms with Crippen LogP contribution in [0.5, 0.6) is 11.5 Å². The van der Waals surface area contributed by atoms with Gasteiger partial charge in [-0.15, -0.1) is 0 Å². The number of allylic oxidation sites excluding steroid dienone is 2. The molecule has 7 atom stereocenters. The first kappa shape index (κ1) is 23.0. The second kappa shape index (κ2) is 9.23. The standard InChI is InChI=1S/C30H31NO5/c1-2-3-15-35-19-9-11-20(12-10-19)36-30(34)25(16-18-7-5-4-6-8-18)31-28(32)26-21-13-14-22(24-17-23(21)24)27(26)29(31)33/h4-14,21-27H,2-3,15-17H2,1H3. The Kier molecular flexibility index (Phi) is 5.90. The number of benzene rings is 2. The van der Waals surface area contributed by atoms with E-state index in [2.05, 4.69) is 19.1 Å². The largest absolute Gasteiger partial charge is 0.494 e. The van der Waals surface area contributed by atoms with Gasteiger partial charge in [-0.3, -0.25) is 14.5 Å². The highest BCUT2D eigenvalue weighted by Gasteiger charge is 2.68. The smallest absolute Gasteiger partial charge is 0.335 e. The third kappa shape index (κ3) is 3.93. The fraction of sp³-hybridized carbons (Fsp3) is 0.433. The quantitative estimate of drug-likeness (QED) is 0.173. The van der Waals surface area contributed by atoms with Gasteiger partial charge in [0.05, 0.1) is 18.4 Å². The van der Waals surface area contributed by atoms with Crippen molar-refractivity contribution in [3.63, 3.8) is 0 Å². The molecule has 0 radical (unpaired) electrons. The molecule has 7 rings (SSSR count). The Hall–Kier alpha value is -3.41. The zero-order valence-corrected chi connectivity index (χ0v) is 20.4. The van der Waals surface area contributed by atoms with Gasteiger partial charge >= 0.3 is 5.97 Å². The average molecular weight is 486 g/mol. The molecule has 0 aromatic heterocycles. The molecule has 2 saturated carbocycles. The van der Waals surface area contributed by atoms with Crippen molar-refractivity contribution in [1.29, 1.82) is 0 Å². The lowest BCUT2D eigenvalue weighted by molar-refractivity contribution is -0.153. The summed E-state index contributed by atoms with van der Waals surface area (Å²) < 4.78 is 11.4. The van der Waals surface area contributed by atoms with Gasteiger partial charge in [0.25, 0.3) is 0 Å². The minimum absolute atomic E-state index is 0.111. The molecule has 6 heteroatoms. The molecule has 6 nitrogen and oxygen atoms in total. The van der Waals surface area contributed by atoms with Gasteiger partial charge in [-0.25, -0.2) is 4.79 Å². The first-order valence-corrected chi connectivity index (χ1v) is 13.1. The number of carbonyl (C=O) groups is 3. The molecule has 0 spiro atoms. The monoisotopic (exact) mass is 485 g/mol. The number of carbonyl (C=O) groups excluding carboxylic acids is 3. The van der Waals surface area contributed by atoms with E-state index in [4.69, 9.17) is 9.47 Å². The summed E-state index contributed by atoms with van der Waals surface area (Å²) in [5.74, 6) is 0.596. The number of amides is 2. The third-order valence-corrected chi connectivity index (χ3v) is 8.36. The Morgan fingerprint density at radius 1 is 0.917 bits per heavy atom. The van der Waals surface area contributed by atoms with Gasteiger partial charge in [-0.05, 0) is 66.3 Å². The van der Waals surface area contributed by atoms with Crippen molar-refractivity contribution in [2.75, 3.05) is 6.61 Å². The van der Waals surface area contributed by atoms with Gasteiger partial charge < -0.3 is 9.47 Å². The number of ether oxygens (including phenoxy) is 2. The number of unbranched alkanes of at least 4 members (excludes halogenated alkanes) is 1. The lowest BCUT2D eigenvalue weighted by atomic mass is 9.63. The summed E-state index contributed by atoms with van der Waals surface area (Å²) in [4.78, 5) is 42.2. The normalized spacial score (nSPS) is 30.1. The van der Waals surface area contributed by atoms with E-state index in [1.807, 2.05) is 30.3 Å². The second-order valence-electron chi connectivity index (χ2n) is 10.5. The van der Waals surface area contributed by atoms with Crippen molar-refractivity contribution < 1.29 is 23.9 Å². The van der Waals surface area contributed by atoms with Crippen LogP contribution in [-0.2, 0) is 20.8 Å². The van der Waals surface area contributed by atoms with Crippen LogP contribution in [0, 0.1) is 35.5 Å². The maximum atomic E-state index is 13.7. The first-order valence-electron chi connectivity index (χ1n) is 13.1. The number of likely N-dealkylation sites (tertiary alicyclic amines) is 1. The summed E-state index contributed by atoms with van der Waals surface area (Å²) in [6.07, 6.45) is 7.63. The Labute approximate surface area is 211 Å². The summed E-state index contributed by atoms with van der Waals surface area (Å²) in [6.45, 7) is 2.74. The Morgan fingerprint density at radius 2 is 1.53 bits per heavy atom. The summed E-state index contributed by atoms with van der Waals surface area (Å²) in [7, 11) is 0. The summed E-state index contributed by atoms with van der Waals surface area (Å²) in [6, 6.07) is 15.4. The van der Waals surface area contributed by atoms with E-state index in [0.29, 0.717) is 29.9 Å². The minimum atomic E-state index is -1.01. The van der Waals surface area contributed by atoms with Crippen LogP contribution in [0.2, 0.25) is 0 Å². The Balaban J connectivity index is 1.24. The maximum absolute atomic E-state index is 13.7. The highest BCUT2D eigenvalue weighted by Crippen LogP contribution is 2.65. The zero-order chi connectivity index (χ0) is 24.8. The molecule has 2 aromatic carbocycles. The van der Waals surface area contributed by atoms with E-state index < -0.39 is 12.0 Å². The van der Waals surface area contributed by atoms with Gasteiger partial charge in [-0.2, -0.15) is 0 Å². The lowest BCUT2D eigenvalue weighted by Gasteiger charge is -2.37. The molecule has 2 amide bonds. The molecule has 2 aromatic rings. The van der Waals surface area contributed by atoms with Gasteiger partial charge in [0.2, 0.25) is 11.8 Å². The van der Waals surface area contributed by atoms with E-state index in [9.17, 15) is 14.4 Å². The molecule has 1 heterocycles. The molecule has 4 aliphatic carbocycles. The van der Waals surface area contributed by atoms with Crippen molar-refractivity contribution in [2.45, 2.75) is 38.6 Å². The Morgan fingerprint density at radius 3 is 2.14 bits per heavy atom. The van der Waals surface area contributed by atoms with Crippen molar-refractivity contribution in [3.05, 3.63) is 72.3 Å². The second-order valence-corrected chi connectivity index (χ2v) is 10.5. The van der Waals surface area contributed by atoms with Crippen molar-refractivity contribution in [3.8, 4) is 11.5 Å². The minimum Gasteiger partial charge on any atom is -0.494 e. The fourth-order valence-corrected chi connectivity index (χ4v) is 6.53. The predicted molar refractivity (Wildman–Crippen MR) is 133 cm³/mol. The van der Waals surface area contributed by atoms with Crippen molar-refractivity contribution in [1.82, 2.24) is 4.90 Å². The molecule has 186 valence electrons. The number of esters is 1. The first-order chi connectivity index (χ1) is 17.6. The number of nitrogens with zero attached hydrogens (tertiary/aromatic N) is 1. The Bertz CT molecular complexity index is 1150. The van der Waals surface area contributed by atoms with Crippen LogP contribution in [-0.4, -0.2) is 35.3 Å². The summed E-state index contributed by atoms with van der Waals surface area (Å²) in [5, 5.41) is 0. The number of imide groups is 1. The summed E-state index contributed by atoms with van der Waals surface area (Å²) in [5.41, 5.74) is 0.874. The van der Waals surface area contributed by atoms with Crippen LogP contribution < -0.4 is 9.47 Å². The molecule has 0 N–H and O–H groups in total. The molecule has 1 aliphatic heterocycles. The SMILES string of the molecule is CCCCOc1ccc(OC(=O)C(Cc2ccccc2)N2C(=O)C3C4C=CC(C5CC45)C3C2=O)cc1. The highest BCUT2D eigenvalue weighted by molar-refractivity contribution is 6.09. The number of hydrogen-bond acceptors (Lipinski definition) is 5. The average Bonchev–Trinajstić information content (AvgIpc) is 3.68. The molecule has 1 saturated heterocycles. The molecular formula is C30H31NO5. The van der Waals surface area contributed by atoms with Crippen LogP contribution in [0.3, 0.4) is 0 Å². The van der Waals surface area contributed by atoms with Crippen LogP contribution >= 0.6 is 0 Å². The molecule has 2 bridgehead atoms. The summed E-state index contributed by atoms with van der Waals surface area (Å²) >= 11 is 0. The fourth-order valence-electron chi connectivity index (χ4n) is 6.53. The topological polar surface area (TPSA) is 72.9 Å². The predicted octanol–water partition coefficient (Wildman–Crippen LogP) is 4.44. The van der Waals surface area contributed by atoms with Gasteiger partial charge in [0.15, 0.2) is 0 Å². The van der Waals surface area contributed by atoms with Gasteiger partial charge in [0, 0.05) is 6.42 Å². The van der Waals surface area contributed by atoms with Crippen molar-refractivity contribution >= 4 is 17.8 Å². The molecule has 5 aliphatic rings. The van der Waals surface area contributed by atoms with Gasteiger partial charge in [0.1, 0.15) is 17.5 Å². The molecule has 7 unspecified atom stereocenters. The third-order valence-electron chi connectivity index (χ3n) is 8.36. The highest BCUT2D eigenvalue weighted by atomic mass is 16.5. The lowest BCUT2D eigenvalue weighted by Crippen LogP contribution is -2.48. The van der Waals surface area contributed by atoms with E-state index in [0.717, 1.165) is 24.8 Å². The van der Waals surface area contributed by atoms with Crippen LogP contribution in [0.25, 0.3) is 0 Å². The maximum Gasteiger partial charge on any atom is 0.335 e. The molecular weight excluding hydrogens is 454 g/mol. The van der Waals surface area contributed by atoms with Crippen LogP contribution in [0.1, 0.15) is 31.7 Å².